The van der Waals surface area contributed by atoms with Gasteiger partial charge in [-0.15, -0.1) is 19.7 Å². The largest absolute Gasteiger partial charge is 0.324 e. The van der Waals surface area contributed by atoms with Crippen molar-refractivity contribution in [2.45, 2.75) is 63.8 Å². The van der Waals surface area contributed by atoms with Gasteiger partial charge in [-0.3, -0.25) is 0 Å². The van der Waals surface area contributed by atoms with E-state index in [0.29, 0.717) is 5.92 Å². The fourth-order valence-corrected chi connectivity index (χ4v) is 2.61. The molecule has 0 radical (unpaired) electrons. The second-order valence-electron chi connectivity index (χ2n) is 5.29. The molecule has 0 spiro atoms. The van der Waals surface area contributed by atoms with Crippen LogP contribution in [0, 0.1) is 5.92 Å². The molecule has 18 heavy (non-hydrogen) atoms. The maximum Gasteiger partial charge on any atom is 0.0255 e. The van der Waals surface area contributed by atoms with Crippen molar-refractivity contribution in [1.82, 2.24) is 0 Å². The molecule has 0 fully saturated rings. The molecular formula is C17H31N. The zero-order valence-electron chi connectivity index (χ0n) is 12.2. The number of nitrogens with two attached hydrogens (primary N) is 1. The van der Waals surface area contributed by atoms with Crippen LogP contribution >= 0.6 is 0 Å². The number of rotatable bonds is 12. The minimum atomic E-state index is -0.191. The van der Waals surface area contributed by atoms with E-state index in [4.69, 9.17) is 5.73 Å². The molecule has 0 aromatic rings. The first-order chi connectivity index (χ1) is 8.64. The first-order valence-electron chi connectivity index (χ1n) is 7.26. The lowest BCUT2D eigenvalue weighted by Gasteiger charge is -2.36. The minimum Gasteiger partial charge on any atom is -0.324 e. The SMILES string of the molecule is C=CCC(CCCCCC)C(N)(CC=C)CC=C. The normalized spacial score (nSPS) is 13.0. The topological polar surface area (TPSA) is 26.0 Å². The van der Waals surface area contributed by atoms with Crippen molar-refractivity contribution in [3.63, 3.8) is 0 Å². The lowest BCUT2D eigenvalue weighted by Crippen LogP contribution is -2.46. The van der Waals surface area contributed by atoms with Gasteiger partial charge in [-0.2, -0.15) is 0 Å². The Morgan fingerprint density at radius 2 is 1.61 bits per heavy atom. The molecular weight excluding hydrogens is 218 g/mol. The lowest BCUT2D eigenvalue weighted by atomic mass is 9.75. The van der Waals surface area contributed by atoms with E-state index in [1.165, 1.54) is 32.1 Å². The maximum atomic E-state index is 6.57. The number of allylic oxidation sites excluding steroid dienone is 1. The third kappa shape index (κ3) is 6.20. The highest BCUT2D eigenvalue weighted by atomic mass is 14.8. The van der Waals surface area contributed by atoms with Crippen molar-refractivity contribution < 1.29 is 0 Å². The number of hydrogen-bond acceptors (Lipinski definition) is 1. The lowest BCUT2D eigenvalue weighted by molar-refractivity contribution is 0.252. The monoisotopic (exact) mass is 249 g/mol. The summed E-state index contributed by atoms with van der Waals surface area (Å²) in [6.07, 6.45) is 14.9. The molecule has 0 aromatic carbocycles. The van der Waals surface area contributed by atoms with Crippen LogP contribution in [0.4, 0.5) is 0 Å². The molecule has 0 amide bonds. The van der Waals surface area contributed by atoms with E-state index in [1.54, 1.807) is 0 Å². The summed E-state index contributed by atoms with van der Waals surface area (Å²) in [6, 6.07) is 0. The fourth-order valence-electron chi connectivity index (χ4n) is 2.61. The summed E-state index contributed by atoms with van der Waals surface area (Å²) < 4.78 is 0. The molecule has 0 aromatic heterocycles. The molecule has 0 heterocycles. The van der Waals surface area contributed by atoms with Crippen LogP contribution in [-0.2, 0) is 0 Å². The van der Waals surface area contributed by atoms with Crippen LogP contribution in [-0.4, -0.2) is 5.54 Å². The van der Waals surface area contributed by atoms with E-state index in [9.17, 15) is 0 Å². The third-order valence-corrected chi connectivity index (χ3v) is 3.72. The van der Waals surface area contributed by atoms with E-state index in [1.807, 2.05) is 18.2 Å². The van der Waals surface area contributed by atoms with Gasteiger partial charge in [0, 0.05) is 5.54 Å². The van der Waals surface area contributed by atoms with Crippen molar-refractivity contribution in [2.24, 2.45) is 11.7 Å². The Balaban J connectivity index is 4.52. The molecule has 0 rings (SSSR count). The molecule has 104 valence electrons. The van der Waals surface area contributed by atoms with E-state index < -0.39 is 0 Å². The van der Waals surface area contributed by atoms with Crippen LogP contribution in [0.3, 0.4) is 0 Å². The summed E-state index contributed by atoms with van der Waals surface area (Å²) in [5, 5.41) is 0. The van der Waals surface area contributed by atoms with Crippen LogP contribution in [0.1, 0.15) is 58.3 Å². The van der Waals surface area contributed by atoms with Crippen LogP contribution in [0.25, 0.3) is 0 Å². The van der Waals surface area contributed by atoms with Crippen molar-refractivity contribution in [2.75, 3.05) is 0 Å². The number of hydrogen-bond donors (Lipinski definition) is 1. The zero-order chi connectivity index (χ0) is 13.9. The Morgan fingerprint density at radius 1 is 1.00 bits per heavy atom. The highest BCUT2D eigenvalue weighted by Crippen LogP contribution is 2.31. The van der Waals surface area contributed by atoms with Gasteiger partial charge < -0.3 is 5.73 Å². The first kappa shape index (κ1) is 17.2. The molecule has 0 aliphatic rings. The standard InChI is InChI=1S/C17H31N/c1-5-9-10-11-13-16(12-6-2)17(18,14-7-3)15-8-4/h6-8,16H,2-5,9-15,18H2,1H3. The van der Waals surface area contributed by atoms with Crippen LogP contribution in [0.15, 0.2) is 38.0 Å². The highest BCUT2D eigenvalue weighted by molar-refractivity contribution is 5.01. The molecule has 0 saturated heterocycles. The molecule has 1 atom stereocenters. The van der Waals surface area contributed by atoms with Gasteiger partial charge in [0.25, 0.3) is 0 Å². The van der Waals surface area contributed by atoms with Crippen molar-refractivity contribution in [3.05, 3.63) is 38.0 Å². The van der Waals surface area contributed by atoms with Gasteiger partial charge >= 0.3 is 0 Å². The predicted molar refractivity (Wildman–Crippen MR) is 83.6 cm³/mol. The second kappa shape index (κ2) is 10.1. The van der Waals surface area contributed by atoms with Gasteiger partial charge in [-0.05, 0) is 31.6 Å². The van der Waals surface area contributed by atoms with Crippen molar-refractivity contribution >= 4 is 0 Å². The van der Waals surface area contributed by atoms with Gasteiger partial charge in [-0.1, -0.05) is 50.8 Å². The molecule has 2 N–H and O–H groups in total. The van der Waals surface area contributed by atoms with Crippen molar-refractivity contribution in [3.8, 4) is 0 Å². The molecule has 1 nitrogen and oxygen atoms in total. The molecule has 0 saturated carbocycles. The van der Waals surface area contributed by atoms with Gasteiger partial charge in [0.15, 0.2) is 0 Å². The first-order valence-corrected chi connectivity index (χ1v) is 7.26. The predicted octanol–water partition coefficient (Wildman–Crippen LogP) is 5.00. The minimum absolute atomic E-state index is 0.191. The van der Waals surface area contributed by atoms with Crippen LogP contribution in [0.5, 0.6) is 0 Å². The summed E-state index contributed by atoms with van der Waals surface area (Å²) in [5.41, 5.74) is 6.38. The van der Waals surface area contributed by atoms with E-state index >= 15 is 0 Å². The summed E-state index contributed by atoms with van der Waals surface area (Å²) >= 11 is 0. The van der Waals surface area contributed by atoms with Gasteiger partial charge in [-0.25, -0.2) is 0 Å². The molecule has 0 aliphatic heterocycles. The average Bonchev–Trinajstić information content (AvgIpc) is 2.33. The Bertz CT molecular complexity index is 232. The van der Waals surface area contributed by atoms with E-state index in [0.717, 1.165) is 19.3 Å². The Kier molecular flexibility index (Phi) is 9.67. The zero-order valence-corrected chi connectivity index (χ0v) is 12.2. The van der Waals surface area contributed by atoms with Crippen LogP contribution in [0.2, 0.25) is 0 Å². The van der Waals surface area contributed by atoms with Gasteiger partial charge in [0.1, 0.15) is 0 Å². The Hall–Kier alpha value is -0.820. The maximum absolute atomic E-state index is 6.57. The molecule has 0 bridgehead atoms. The molecule has 1 unspecified atom stereocenters. The molecule has 1 heteroatoms. The fraction of sp³-hybridized carbons (Fsp3) is 0.647. The van der Waals surface area contributed by atoms with Crippen LogP contribution < -0.4 is 5.73 Å². The third-order valence-electron chi connectivity index (χ3n) is 3.72. The molecule has 0 aliphatic carbocycles. The Labute approximate surface area is 114 Å². The van der Waals surface area contributed by atoms with E-state index in [2.05, 4.69) is 26.7 Å². The van der Waals surface area contributed by atoms with E-state index in [-0.39, 0.29) is 5.54 Å². The average molecular weight is 249 g/mol. The summed E-state index contributed by atoms with van der Waals surface area (Å²) in [4.78, 5) is 0. The summed E-state index contributed by atoms with van der Waals surface area (Å²) in [5.74, 6) is 0.489. The smallest absolute Gasteiger partial charge is 0.0255 e. The number of unbranched alkanes of at least 4 members (excludes halogenated alkanes) is 3. The Morgan fingerprint density at radius 3 is 2.06 bits per heavy atom. The van der Waals surface area contributed by atoms with Gasteiger partial charge in [0.05, 0.1) is 0 Å². The van der Waals surface area contributed by atoms with Gasteiger partial charge in [0.2, 0.25) is 0 Å². The quantitative estimate of drug-likeness (QED) is 0.382. The summed E-state index contributed by atoms with van der Waals surface area (Å²) in [7, 11) is 0. The highest BCUT2D eigenvalue weighted by Gasteiger charge is 2.31. The summed E-state index contributed by atoms with van der Waals surface area (Å²) in [6.45, 7) is 13.8. The van der Waals surface area contributed by atoms with Crippen molar-refractivity contribution in [1.29, 1.82) is 0 Å². The second-order valence-corrected chi connectivity index (χ2v) is 5.29.